The van der Waals surface area contributed by atoms with Crippen LogP contribution in [0.15, 0.2) is 18.2 Å². The van der Waals surface area contributed by atoms with Crippen LogP contribution in [0.4, 0.5) is 5.69 Å². The first-order chi connectivity index (χ1) is 10.2. The fraction of sp³-hybridized carbons (Fsp3) is 0.533. The van der Waals surface area contributed by atoms with E-state index in [9.17, 15) is 9.90 Å². The van der Waals surface area contributed by atoms with Crippen LogP contribution < -0.4 is 10.2 Å². The van der Waals surface area contributed by atoms with Gasteiger partial charge in [-0.3, -0.25) is 4.79 Å². The smallest absolute Gasteiger partial charge is 0.245 e. The first-order valence-electron chi connectivity index (χ1n) is 7.23. The molecule has 0 aromatic heterocycles. The summed E-state index contributed by atoms with van der Waals surface area (Å²) in [7, 11) is 0. The highest BCUT2D eigenvalue weighted by Gasteiger charge is 2.34. The Bertz CT molecular complexity index is 534. The molecule has 21 heavy (non-hydrogen) atoms. The van der Waals surface area contributed by atoms with E-state index < -0.39 is 0 Å². The number of ether oxygens (including phenoxy) is 1. The summed E-state index contributed by atoms with van der Waals surface area (Å²) in [5.41, 5.74) is 1.47. The van der Waals surface area contributed by atoms with Gasteiger partial charge in [0.25, 0.3) is 0 Å². The molecule has 2 fully saturated rings. The van der Waals surface area contributed by atoms with Crippen molar-refractivity contribution in [2.24, 2.45) is 0 Å². The van der Waals surface area contributed by atoms with Crippen molar-refractivity contribution in [3.8, 4) is 0 Å². The molecule has 1 amide bonds. The molecule has 0 bridgehead atoms. The molecule has 1 atom stereocenters. The summed E-state index contributed by atoms with van der Waals surface area (Å²) in [6, 6.07) is 5.42. The number of halogens is 1. The highest BCUT2D eigenvalue weighted by molar-refractivity contribution is 6.31. The average Bonchev–Trinajstić information content (AvgIpc) is 3.31. The van der Waals surface area contributed by atoms with Crippen molar-refractivity contribution in [2.45, 2.75) is 31.5 Å². The zero-order valence-electron chi connectivity index (χ0n) is 11.7. The summed E-state index contributed by atoms with van der Waals surface area (Å²) in [5, 5.41) is 13.1. The zero-order valence-corrected chi connectivity index (χ0v) is 12.5. The lowest BCUT2D eigenvalue weighted by atomic mass is 10.1. The molecule has 114 valence electrons. The van der Waals surface area contributed by atoms with Gasteiger partial charge in [0.2, 0.25) is 5.91 Å². The molecule has 1 aromatic rings. The summed E-state index contributed by atoms with van der Waals surface area (Å²) in [6.45, 7) is 1.37. The van der Waals surface area contributed by atoms with Gasteiger partial charge in [-0.2, -0.15) is 0 Å². The standard InChI is InChI=1S/C15H19ClN2O3/c16-12-2-1-3-13(11(12)8-19)18-6-7-21-9-14(18)15(20)17-10-4-5-10/h1-3,10,14,19H,4-9H2,(H,17,20). The minimum absolute atomic E-state index is 0.0129. The number of aliphatic hydroxyl groups is 1. The first kappa shape index (κ1) is 14.6. The van der Waals surface area contributed by atoms with Crippen LogP contribution in [0.1, 0.15) is 18.4 Å². The van der Waals surface area contributed by atoms with Crippen molar-refractivity contribution in [1.82, 2.24) is 5.32 Å². The lowest BCUT2D eigenvalue weighted by molar-refractivity contribution is -0.124. The maximum Gasteiger partial charge on any atom is 0.245 e. The van der Waals surface area contributed by atoms with Gasteiger partial charge in [0.1, 0.15) is 6.04 Å². The van der Waals surface area contributed by atoms with E-state index in [1.165, 1.54) is 0 Å². The number of morpholine rings is 1. The minimum atomic E-state index is -0.372. The Morgan fingerprint density at radius 1 is 1.48 bits per heavy atom. The SMILES string of the molecule is O=C(NC1CC1)C1COCCN1c1cccc(Cl)c1CO. The van der Waals surface area contributed by atoms with Crippen molar-refractivity contribution in [3.05, 3.63) is 28.8 Å². The second kappa shape index (κ2) is 6.22. The molecule has 6 heteroatoms. The van der Waals surface area contributed by atoms with E-state index in [1.807, 2.05) is 17.0 Å². The number of aliphatic hydroxyl groups excluding tert-OH is 1. The van der Waals surface area contributed by atoms with E-state index in [-0.39, 0.29) is 18.6 Å². The third kappa shape index (κ3) is 3.15. The van der Waals surface area contributed by atoms with Crippen molar-refractivity contribution in [3.63, 3.8) is 0 Å². The van der Waals surface area contributed by atoms with Gasteiger partial charge >= 0.3 is 0 Å². The van der Waals surface area contributed by atoms with E-state index in [0.717, 1.165) is 18.5 Å². The Kier molecular flexibility index (Phi) is 4.33. The molecular weight excluding hydrogens is 292 g/mol. The fourth-order valence-electron chi connectivity index (χ4n) is 2.61. The summed E-state index contributed by atoms with van der Waals surface area (Å²) in [6.07, 6.45) is 2.11. The van der Waals surface area contributed by atoms with Gasteiger partial charge < -0.3 is 20.1 Å². The second-order valence-electron chi connectivity index (χ2n) is 5.46. The number of amides is 1. The molecule has 1 aromatic carbocycles. The maximum atomic E-state index is 12.4. The summed E-state index contributed by atoms with van der Waals surface area (Å²) in [5.74, 6) is -0.0129. The molecule has 5 nitrogen and oxygen atoms in total. The van der Waals surface area contributed by atoms with Crippen LogP contribution in [0.2, 0.25) is 5.02 Å². The molecule has 1 unspecified atom stereocenters. The van der Waals surface area contributed by atoms with Crippen molar-refractivity contribution in [2.75, 3.05) is 24.7 Å². The van der Waals surface area contributed by atoms with Crippen LogP contribution in [0.3, 0.4) is 0 Å². The van der Waals surface area contributed by atoms with Crippen LogP contribution in [-0.2, 0) is 16.1 Å². The molecule has 0 radical (unpaired) electrons. The highest BCUT2D eigenvalue weighted by atomic mass is 35.5. The van der Waals surface area contributed by atoms with E-state index in [1.54, 1.807) is 6.07 Å². The van der Waals surface area contributed by atoms with Crippen LogP contribution >= 0.6 is 11.6 Å². The zero-order chi connectivity index (χ0) is 14.8. The summed E-state index contributed by atoms with van der Waals surface area (Å²) in [4.78, 5) is 14.4. The Morgan fingerprint density at radius 3 is 3.00 bits per heavy atom. The first-order valence-corrected chi connectivity index (χ1v) is 7.61. The molecule has 1 aliphatic heterocycles. The monoisotopic (exact) mass is 310 g/mol. The van der Waals surface area contributed by atoms with E-state index >= 15 is 0 Å². The van der Waals surface area contributed by atoms with Crippen molar-refractivity contribution >= 4 is 23.2 Å². The Morgan fingerprint density at radius 2 is 2.29 bits per heavy atom. The van der Waals surface area contributed by atoms with Gasteiger partial charge in [-0.1, -0.05) is 17.7 Å². The second-order valence-corrected chi connectivity index (χ2v) is 5.87. The van der Waals surface area contributed by atoms with Crippen LogP contribution in [0.5, 0.6) is 0 Å². The number of hydrogen-bond acceptors (Lipinski definition) is 4. The third-order valence-corrected chi connectivity index (χ3v) is 4.27. The number of nitrogens with zero attached hydrogens (tertiary/aromatic N) is 1. The van der Waals surface area contributed by atoms with Gasteiger partial charge in [-0.15, -0.1) is 0 Å². The largest absolute Gasteiger partial charge is 0.392 e. The predicted octanol–water partition coefficient (Wildman–Crippen LogP) is 1.32. The molecule has 2 aliphatic rings. The van der Waals surface area contributed by atoms with Crippen LogP contribution in [0.25, 0.3) is 0 Å². The van der Waals surface area contributed by atoms with E-state index in [2.05, 4.69) is 5.32 Å². The molecule has 2 N–H and O–H groups in total. The Hall–Kier alpha value is -1.30. The molecule has 0 spiro atoms. The highest BCUT2D eigenvalue weighted by Crippen LogP contribution is 2.30. The van der Waals surface area contributed by atoms with E-state index in [0.29, 0.717) is 36.4 Å². The maximum absolute atomic E-state index is 12.4. The Balaban J connectivity index is 1.86. The number of carbonyl (C=O) groups excluding carboxylic acids is 1. The lowest BCUT2D eigenvalue weighted by Gasteiger charge is -2.37. The molecular formula is C15H19ClN2O3. The van der Waals surface area contributed by atoms with Crippen LogP contribution in [-0.4, -0.2) is 42.9 Å². The van der Waals surface area contributed by atoms with Crippen LogP contribution in [0, 0.1) is 0 Å². The number of nitrogens with one attached hydrogen (secondary N) is 1. The van der Waals surface area contributed by atoms with Crippen molar-refractivity contribution in [1.29, 1.82) is 0 Å². The fourth-order valence-corrected chi connectivity index (χ4v) is 2.84. The number of anilines is 1. The molecule has 3 rings (SSSR count). The van der Waals surface area contributed by atoms with Gasteiger partial charge in [-0.05, 0) is 25.0 Å². The topological polar surface area (TPSA) is 61.8 Å². The van der Waals surface area contributed by atoms with Crippen molar-refractivity contribution < 1.29 is 14.6 Å². The van der Waals surface area contributed by atoms with E-state index in [4.69, 9.17) is 16.3 Å². The normalized spacial score (nSPS) is 22.2. The molecule has 1 heterocycles. The third-order valence-electron chi connectivity index (χ3n) is 3.92. The number of carbonyl (C=O) groups is 1. The number of hydrogen-bond donors (Lipinski definition) is 2. The van der Waals surface area contributed by atoms with Gasteiger partial charge in [0.05, 0.1) is 19.8 Å². The summed E-state index contributed by atoms with van der Waals surface area (Å²) >= 11 is 6.15. The quantitative estimate of drug-likeness (QED) is 0.880. The van der Waals surface area contributed by atoms with Gasteiger partial charge in [0, 0.05) is 28.9 Å². The molecule has 1 saturated carbocycles. The molecule has 1 saturated heterocycles. The number of rotatable bonds is 4. The minimum Gasteiger partial charge on any atom is -0.392 e. The lowest BCUT2D eigenvalue weighted by Crippen LogP contribution is -2.54. The average molecular weight is 311 g/mol. The predicted molar refractivity (Wildman–Crippen MR) is 80.5 cm³/mol. The summed E-state index contributed by atoms with van der Waals surface area (Å²) < 4.78 is 5.46. The number of benzene rings is 1. The molecule has 1 aliphatic carbocycles. The van der Waals surface area contributed by atoms with Gasteiger partial charge in [0.15, 0.2) is 0 Å². The Labute approximate surface area is 128 Å². The van der Waals surface area contributed by atoms with Gasteiger partial charge in [-0.25, -0.2) is 0 Å².